The molecule has 2 aliphatic carbocycles. The summed E-state index contributed by atoms with van der Waals surface area (Å²) in [6, 6.07) is 0. The van der Waals surface area contributed by atoms with Crippen molar-refractivity contribution in [3.8, 4) is 12.3 Å². The molecule has 43 heavy (non-hydrogen) atoms. The number of ketones is 1. The summed E-state index contributed by atoms with van der Waals surface area (Å²) in [7, 11) is 2.88. The molecule has 0 bridgehead atoms. The Morgan fingerprint density at radius 3 is 1.93 bits per heavy atom. The van der Waals surface area contributed by atoms with Gasteiger partial charge in [0.25, 0.3) is 0 Å². The van der Waals surface area contributed by atoms with Crippen molar-refractivity contribution in [2.24, 2.45) is 27.6 Å². The number of ether oxygens (including phenoxy) is 1. The summed E-state index contributed by atoms with van der Waals surface area (Å²) in [6.07, 6.45) is 9.73. The summed E-state index contributed by atoms with van der Waals surface area (Å²) in [5, 5.41) is 8.42. The number of nitrogens with zero attached hydrogens (tertiary/aromatic N) is 4. The summed E-state index contributed by atoms with van der Waals surface area (Å²) in [4.78, 5) is 56.9. The third kappa shape index (κ3) is 11.6. The van der Waals surface area contributed by atoms with Crippen LogP contribution in [0.5, 0.6) is 0 Å². The first-order valence-corrected chi connectivity index (χ1v) is 16.5. The summed E-state index contributed by atoms with van der Waals surface area (Å²) >= 11 is 3.51. The van der Waals surface area contributed by atoms with Gasteiger partial charge in [-0.15, -0.1) is 35.9 Å². The van der Waals surface area contributed by atoms with E-state index in [1.54, 1.807) is 13.8 Å². The highest BCUT2D eigenvalue weighted by atomic mass is 32.2. The molecule has 0 aromatic heterocycles. The van der Waals surface area contributed by atoms with Crippen molar-refractivity contribution < 1.29 is 33.6 Å². The SMILES string of the molecule is C#CCC1=C(C)[C@@H](OC(=O)C2C(C=C(C)C)C2(C)C)CC1=O.CS/C(C)=N\OC(=O)N(C)SN(C)C(=O)O/N=C(/C)SC. The minimum atomic E-state index is -0.711. The van der Waals surface area contributed by atoms with Gasteiger partial charge in [0.15, 0.2) is 5.78 Å². The monoisotopic (exact) mass is 654 g/mol. The third-order valence-electron chi connectivity index (χ3n) is 6.74. The Bertz CT molecular complexity index is 1190. The third-order valence-corrected chi connectivity index (χ3v) is 8.85. The quantitative estimate of drug-likeness (QED) is 0.0417. The number of rotatable bonds is 8. The minimum absolute atomic E-state index is 0.00385. The standard InChI is InChI=1S/C19H24O3.C10H18N4O4S3/c1-7-8-13-12(4)16(10-15(13)20)22-18(21)17-14(9-11(2)3)19(17,5)6;1-7(19-5)11-17-9(15)13(3)21-14(4)10(16)18-12-8(2)20-6/h1,9,14,16-17H,8,10H2,2-6H3;1-6H3/b;11-7-,12-8-/t14?,16-,17?;/m0./s1. The number of hydrogen-bond acceptors (Lipinski definition) is 12. The number of hydrogen-bond donors (Lipinski definition) is 0. The molecule has 2 rings (SSSR count). The highest BCUT2D eigenvalue weighted by Crippen LogP contribution is 2.60. The number of oxime groups is 2. The summed E-state index contributed by atoms with van der Waals surface area (Å²) in [5.41, 5.74) is 2.58. The molecule has 1 saturated carbocycles. The highest BCUT2D eigenvalue weighted by Gasteiger charge is 2.61. The van der Waals surface area contributed by atoms with Crippen LogP contribution in [0.4, 0.5) is 9.59 Å². The predicted octanol–water partition coefficient (Wildman–Crippen LogP) is 6.53. The van der Waals surface area contributed by atoms with E-state index in [2.05, 4.69) is 45.8 Å². The molecule has 0 aromatic rings. The van der Waals surface area contributed by atoms with Gasteiger partial charge in [0.2, 0.25) is 0 Å². The van der Waals surface area contributed by atoms with Gasteiger partial charge < -0.3 is 4.74 Å². The first-order chi connectivity index (χ1) is 20.0. The molecule has 0 N–H and O–H groups in total. The lowest BCUT2D eigenvalue weighted by molar-refractivity contribution is -0.150. The molecule has 3 atom stereocenters. The lowest BCUT2D eigenvalue weighted by atomic mass is 10.1. The number of carbonyl (C=O) groups is 4. The summed E-state index contributed by atoms with van der Waals surface area (Å²) in [5.74, 6) is 2.39. The molecule has 2 unspecified atom stereocenters. The fraction of sp³-hybridized carbons (Fsp3) is 0.586. The van der Waals surface area contributed by atoms with Crippen molar-refractivity contribution in [1.29, 1.82) is 0 Å². The van der Waals surface area contributed by atoms with E-state index in [4.69, 9.17) is 11.2 Å². The Labute approximate surface area is 267 Å². The highest BCUT2D eigenvalue weighted by molar-refractivity contribution is 8.13. The molecule has 0 aromatic carbocycles. The van der Waals surface area contributed by atoms with Crippen LogP contribution in [0.3, 0.4) is 0 Å². The van der Waals surface area contributed by atoms with Crippen LogP contribution in [0.15, 0.2) is 33.1 Å². The Morgan fingerprint density at radius 1 is 1.02 bits per heavy atom. The molecular weight excluding hydrogens is 613 g/mol. The smallest absolute Gasteiger partial charge is 0.447 e. The van der Waals surface area contributed by atoms with Gasteiger partial charge in [0.05, 0.1) is 24.5 Å². The molecule has 11 nitrogen and oxygen atoms in total. The number of terminal acetylenes is 1. The molecule has 0 saturated heterocycles. The number of esters is 1. The number of allylic oxidation sites excluding steroid dienone is 3. The van der Waals surface area contributed by atoms with E-state index in [0.717, 1.165) is 26.3 Å². The zero-order valence-corrected chi connectivity index (χ0v) is 29.1. The van der Waals surface area contributed by atoms with Crippen LogP contribution < -0.4 is 0 Å². The van der Waals surface area contributed by atoms with Gasteiger partial charge in [-0.05, 0) is 64.0 Å². The Balaban J connectivity index is 0.000000431. The van der Waals surface area contributed by atoms with E-state index in [0.29, 0.717) is 22.1 Å². The second-order valence-electron chi connectivity index (χ2n) is 10.6. The van der Waals surface area contributed by atoms with E-state index in [-0.39, 0.29) is 35.4 Å². The van der Waals surface area contributed by atoms with Gasteiger partial charge in [0, 0.05) is 26.1 Å². The Morgan fingerprint density at radius 2 is 1.51 bits per heavy atom. The average molecular weight is 655 g/mol. The molecule has 14 heteroatoms. The number of amides is 2. The molecule has 238 valence electrons. The second-order valence-corrected chi connectivity index (χ2v) is 13.8. The molecule has 0 heterocycles. The van der Waals surface area contributed by atoms with Gasteiger partial charge >= 0.3 is 18.2 Å². The van der Waals surface area contributed by atoms with E-state index >= 15 is 0 Å². The first-order valence-electron chi connectivity index (χ1n) is 13.3. The van der Waals surface area contributed by atoms with E-state index < -0.39 is 18.3 Å². The maximum atomic E-state index is 12.5. The van der Waals surface area contributed by atoms with Crippen molar-refractivity contribution in [1.82, 2.24) is 8.61 Å². The van der Waals surface area contributed by atoms with Gasteiger partial charge in [-0.1, -0.05) is 35.8 Å². The lowest BCUT2D eigenvalue weighted by Gasteiger charge is -2.19. The topological polar surface area (TPSA) is 127 Å². The number of carbonyl (C=O) groups excluding carboxylic acids is 4. The molecule has 2 amide bonds. The molecule has 0 radical (unpaired) electrons. The molecule has 2 aliphatic rings. The van der Waals surface area contributed by atoms with Crippen molar-refractivity contribution >= 4 is 69.7 Å². The lowest BCUT2D eigenvalue weighted by Crippen LogP contribution is -2.28. The van der Waals surface area contributed by atoms with Gasteiger partial charge in [0.1, 0.15) is 16.2 Å². The minimum Gasteiger partial charge on any atom is -0.457 e. The number of Topliss-reactive ketones (excluding diaryl/α,β-unsaturated/α-hetero) is 1. The molecule has 1 fully saturated rings. The van der Waals surface area contributed by atoms with Crippen molar-refractivity contribution in [3.05, 3.63) is 22.8 Å². The average Bonchev–Trinajstić information content (AvgIpc) is 3.38. The Hall–Kier alpha value is -2.89. The summed E-state index contributed by atoms with van der Waals surface area (Å²) in [6.45, 7) is 13.5. The van der Waals surface area contributed by atoms with Crippen molar-refractivity contribution in [3.63, 3.8) is 0 Å². The first kappa shape index (κ1) is 38.1. The normalized spacial score (nSPS) is 20.7. The largest absolute Gasteiger partial charge is 0.457 e. The van der Waals surface area contributed by atoms with Crippen LogP contribution in [-0.2, 0) is 24.0 Å². The maximum Gasteiger partial charge on any atom is 0.447 e. The molecule has 0 spiro atoms. The van der Waals surface area contributed by atoms with E-state index in [9.17, 15) is 19.2 Å². The van der Waals surface area contributed by atoms with Crippen LogP contribution in [-0.4, -0.2) is 75.3 Å². The fourth-order valence-electron chi connectivity index (χ4n) is 3.99. The van der Waals surface area contributed by atoms with Crippen LogP contribution in [0, 0.1) is 29.6 Å². The molecular formula is C29H42N4O7S3. The van der Waals surface area contributed by atoms with E-state index in [1.165, 1.54) is 43.2 Å². The summed E-state index contributed by atoms with van der Waals surface area (Å²) < 4.78 is 7.83. The van der Waals surface area contributed by atoms with E-state index in [1.807, 2.05) is 33.3 Å². The van der Waals surface area contributed by atoms with Gasteiger partial charge in [-0.3, -0.25) is 19.3 Å². The maximum absolute atomic E-state index is 12.5. The zero-order chi connectivity index (χ0) is 33.1. The van der Waals surface area contributed by atoms with Gasteiger partial charge in [-0.2, -0.15) is 0 Å². The van der Waals surface area contributed by atoms with Gasteiger partial charge in [-0.25, -0.2) is 18.2 Å². The van der Waals surface area contributed by atoms with Crippen LogP contribution >= 0.6 is 35.7 Å². The van der Waals surface area contributed by atoms with Crippen LogP contribution in [0.25, 0.3) is 0 Å². The van der Waals surface area contributed by atoms with Crippen LogP contribution in [0.1, 0.15) is 61.3 Å². The zero-order valence-electron chi connectivity index (χ0n) is 26.7. The second kappa shape index (κ2) is 17.4. The van der Waals surface area contributed by atoms with Crippen LogP contribution in [0.2, 0.25) is 0 Å². The van der Waals surface area contributed by atoms with Crippen molar-refractivity contribution in [2.45, 2.75) is 67.4 Å². The predicted molar refractivity (Wildman–Crippen MR) is 175 cm³/mol. The Kier molecular flexibility index (Phi) is 15.4. The fourth-order valence-corrected chi connectivity index (χ4v) is 4.78. The number of thioether (sulfide) groups is 2. The van der Waals surface area contributed by atoms with Crippen molar-refractivity contribution in [2.75, 3.05) is 26.6 Å². The molecule has 0 aliphatic heterocycles.